The van der Waals surface area contributed by atoms with Gasteiger partial charge in [-0.05, 0) is 24.3 Å². The second-order valence-electron chi connectivity index (χ2n) is 5.86. The molecule has 1 aliphatic rings. The molecule has 0 atom stereocenters. The van der Waals surface area contributed by atoms with E-state index in [0.29, 0.717) is 24.5 Å². The Kier molecular flexibility index (Phi) is 6.57. The summed E-state index contributed by atoms with van der Waals surface area (Å²) >= 11 is 0. The van der Waals surface area contributed by atoms with Gasteiger partial charge in [0.1, 0.15) is 0 Å². The molecule has 9 heteroatoms. The van der Waals surface area contributed by atoms with E-state index in [9.17, 15) is 13.2 Å². The molecule has 1 aliphatic heterocycles. The molecule has 2 heterocycles. The molecule has 0 spiro atoms. The third-order valence-corrected chi connectivity index (χ3v) is 6.07. The van der Waals surface area contributed by atoms with Crippen LogP contribution in [-0.2, 0) is 21.2 Å². The zero-order valence-electron chi connectivity index (χ0n) is 14.1. The maximum absolute atomic E-state index is 12.6. The lowest BCUT2D eigenvalue weighted by molar-refractivity contribution is -0.131. The lowest BCUT2D eigenvalue weighted by Gasteiger charge is -2.34. The predicted molar refractivity (Wildman–Crippen MR) is 101 cm³/mol. The number of sulfonamides is 1. The van der Waals surface area contributed by atoms with Crippen molar-refractivity contribution >= 4 is 34.0 Å². The van der Waals surface area contributed by atoms with Crippen molar-refractivity contribution in [2.45, 2.75) is 11.3 Å². The number of hydrogen-bond donors (Lipinski definition) is 1. The fourth-order valence-electron chi connectivity index (χ4n) is 2.73. The molecule has 1 saturated heterocycles. The highest BCUT2D eigenvalue weighted by Crippen LogP contribution is 2.17. The van der Waals surface area contributed by atoms with Gasteiger partial charge < -0.3 is 10.6 Å². The number of nitrogen functional groups attached to an aromatic ring is 1. The standard InChI is InChI=1S/C17H20N4O3S.ClH/c18-14-6-7-15(19-13-14)12-17(22)20-8-10-21(11-9-20)25(23,24)16-4-2-1-3-5-16;/h1-7,13H,8-12,18H2;1H. The average molecular weight is 397 g/mol. The summed E-state index contributed by atoms with van der Waals surface area (Å²) in [6.07, 6.45) is 1.71. The number of hydrogen-bond acceptors (Lipinski definition) is 5. The molecule has 0 unspecified atom stereocenters. The Hall–Kier alpha value is -2.16. The van der Waals surface area contributed by atoms with Crippen LogP contribution in [0.15, 0.2) is 53.6 Å². The van der Waals surface area contributed by atoms with Crippen molar-refractivity contribution in [2.75, 3.05) is 31.9 Å². The summed E-state index contributed by atoms with van der Waals surface area (Å²) in [5.74, 6) is -0.0611. The van der Waals surface area contributed by atoms with Crippen LogP contribution < -0.4 is 5.73 Å². The van der Waals surface area contributed by atoms with E-state index in [2.05, 4.69) is 4.98 Å². The average Bonchev–Trinajstić information content (AvgIpc) is 2.64. The first-order valence-electron chi connectivity index (χ1n) is 8.00. The minimum absolute atomic E-state index is 0. The minimum atomic E-state index is -3.51. The number of piperazine rings is 1. The number of amides is 1. The van der Waals surface area contributed by atoms with Crippen molar-refractivity contribution in [3.05, 3.63) is 54.4 Å². The lowest BCUT2D eigenvalue weighted by Crippen LogP contribution is -2.50. The number of nitrogens with zero attached hydrogens (tertiary/aromatic N) is 3. The minimum Gasteiger partial charge on any atom is -0.397 e. The second-order valence-corrected chi connectivity index (χ2v) is 7.80. The van der Waals surface area contributed by atoms with Crippen LogP contribution in [-0.4, -0.2) is 54.7 Å². The molecule has 1 amide bonds. The van der Waals surface area contributed by atoms with Crippen LogP contribution >= 0.6 is 12.4 Å². The van der Waals surface area contributed by atoms with E-state index in [1.807, 2.05) is 0 Å². The van der Waals surface area contributed by atoms with E-state index < -0.39 is 10.0 Å². The summed E-state index contributed by atoms with van der Waals surface area (Å²) in [5.41, 5.74) is 6.79. The zero-order valence-corrected chi connectivity index (χ0v) is 15.7. The molecule has 140 valence electrons. The van der Waals surface area contributed by atoms with Gasteiger partial charge in [0.05, 0.1) is 23.2 Å². The smallest absolute Gasteiger partial charge is 0.243 e. The van der Waals surface area contributed by atoms with Gasteiger partial charge >= 0.3 is 0 Å². The van der Waals surface area contributed by atoms with Crippen molar-refractivity contribution in [3.63, 3.8) is 0 Å². The Morgan fingerprint density at radius 2 is 1.69 bits per heavy atom. The molecule has 0 aliphatic carbocycles. The van der Waals surface area contributed by atoms with Gasteiger partial charge in [0.25, 0.3) is 0 Å². The van der Waals surface area contributed by atoms with Gasteiger partial charge in [-0.3, -0.25) is 9.78 Å². The van der Waals surface area contributed by atoms with E-state index in [4.69, 9.17) is 5.73 Å². The van der Waals surface area contributed by atoms with Crippen LogP contribution in [0.5, 0.6) is 0 Å². The van der Waals surface area contributed by atoms with Crippen molar-refractivity contribution < 1.29 is 13.2 Å². The Labute approximate surface area is 159 Å². The molecule has 7 nitrogen and oxygen atoms in total. The van der Waals surface area contributed by atoms with Gasteiger partial charge in [0.2, 0.25) is 15.9 Å². The molecule has 0 radical (unpaired) electrons. The summed E-state index contributed by atoms with van der Waals surface area (Å²) in [4.78, 5) is 18.4. The maximum Gasteiger partial charge on any atom is 0.243 e. The monoisotopic (exact) mass is 396 g/mol. The molecule has 0 bridgehead atoms. The van der Waals surface area contributed by atoms with Crippen LogP contribution in [0.2, 0.25) is 0 Å². The Bertz CT molecular complexity index is 836. The molecule has 26 heavy (non-hydrogen) atoms. The Morgan fingerprint density at radius 1 is 1.04 bits per heavy atom. The molecular formula is C17H21ClN4O3S. The van der Waals surface area contributed by atoms with Crippen molar-refractivity contribution in [3.8, 4) is 0 Å². The molecular weight excluding hydrogens is 376 g/mol. The largest absolute Gasteiger partial charge is 0.397 e. The maximum atomic E-state index is 12.6. The SMILES string of the molecule is Cl.Nc1ccc(CC(=O)N2CCN(S(=O)(=O)c3ccccc3)CC2)nc1. The number of pyridine rings is 1. The fraction of sp³-hybridized carbons (Fsp3) is 0.294. The summed E-state index contributed by atoms with van der Waals surface area (Å²) in [6, 6.07) is 11.8. The van der Waals surface area contributed by atoms with Gasteiger partial charge in [-0.25, -0.2) is 8.42 Å². The van der Waals surface area contributed by atoms with Crippen LogP contribution in [0, 0.1) is 0 Å². The number of anilines is 1. The van der Waals surface area contributed by atoms with Crippen LogP contribution in [0.25, 0.3) is 0 Å². The quantitative estimate of drug-likeness (QED) is 0.836. The van der Waals surface area contributed by atoms with Crippen molar-refractivity contribution in [2.24, 2.45) is 0 Å². The van der Waals surface area contributed by atoms with Gasteiger partial charge in [-0.1, -0.05) is 18.2 Å². The molecule has 1 aromatic carbocycles. The van der Waals surface area contributed by atoms with Crippen LogP contribution in [0.1, 0.15) is 5.69 Å². The highest BCUT2D eigenvalue weighted by atomic mass is 35.5. The van der Waals surface area contributed by atoms with E-state index in [1.165, 1.54) is 10.5 Å². The highest BCUT2D eigenvalue weighted by Gasteiger charge is 2.29. The zero-order chi connectivity index (χ0) is 17.9. The highest BCUT2D eigenvalue weighted by molar-refractivity contribution is 7.89. The normalized spacial score (nSPS) is 15.3. The van der Waals surface area contributed by atoms with Gasteiger partial charge in [-0.15, -0.1) is 12.4 Å². The molecule has 2 aromatic rings. The third kappa shape index (κ3) is 4.51. The number of benzene rings is 1. The first-order chi connectivity index (χ1) is 12.0. The first-order valence-corrected chi connectivity index (χ1v) is 9.44. The predicted octanol–water partition coefficient (Wildman–Crippen LogP) is 1.16. The third-order valence-electron chi connectivity index (χ3n) is 4.15. The van der Waals surface area contributed by atoms with Gasteiger partial charge in [0.15, 0.2) is 0 Å². The van der Waals surface area contributed by atoms with E-state index in [0.717, 1.165) is 0 Å². The van der Waals surface area contributed by atoms with E-state index in [1.54, 1.807) is 47.4 Å². The lowest BCUT2D eigenvalue weighted by atomic mass is 10.2. The number of carbonyl (C=O) groups is 1. The molecule has 1 fully saturated rings. The Morgan fingerprint density at radius 3 is 2.27 bits per heavy atom. The van der Waals surface area contributed by atoms with Gasteiger partial charge in [-0.2, -0.15) is 4.31 Å². The molecule has 3 rings (SSSR count). The summed E-state index contributed by atoms with van der Waals surface area (Å²) in [5, 5.41) is 0. The summed E-state index contributed by atoms with van der Waals surface area (Å²) < 4.78 is 26.6. The van der Waals surface area contributed by atoms with Crippen molar-refractivity contribution in [1.29, 1.82) is 0 Å². The van der Waals surface area contributed by atoms with Crippen molar-refractivity contribution in [1.82, 2.24) is 14.2 Å². The summed E-state index contributed by atoms with van der Waals surface area (Å²) in [7, 11) is -3.51. The number of halogens is 1. The number of nitrogens with two attached hydrogens (primary N) is 1. The number of rotatable bonds is 4. The Balaban J connectivity index is 0.00000243. The fourth-order valence-corrected chi connectivity index (χ4v) is 4.17. The van der Waals surface area contributed by atoms with E-state index >= 15 is 0 Å². The number of carbonyl (C=O) groups excluding carboxylic acids is 1. The molecule has 0 saturated carbocycles. The number of aromatic nitrogens is 1. The topological polar surface area (TPSA) is 96.6 Å². The van der Waals surface area contributed by atoms with Crippen LogP contribution in [0.3, 0.4) is 0 Å². The van der Waals surface area contributed by atoms with E-state index in [-0.39, 0.29) is 42.7 Å². The van der Waals surface area contributed by atoms with Crippen LogP contribution in [0.4, 0.5) is 5.69 Å². The summed E-state index contributed by atoms with van der Waals surface area (Å²) in [6.45, 7) is 1.33. The second kappa shape index (κ2) is 8.48. The molecule has 1 aromatic heterocycles. The first kappa shape index (κ1) is 20.2. The molecule has 2 N–H and O–H groups in total. The van der Waals surface area contributed by atoms with Gasteiger partial charge in [0, 0.05) is 31.9 Å².